The van der Waals surface area contributed by atoms with Gasteiger partial charge in [0, 0.05) is 11.1 Å². The molecule has 0 unspecified atom stereocenters. The van der Waals surface area contributed by atoms with Crippen LogP contribution in [0.25, 0.3) is 10.2 Å². The van der Waals surface area contributed by atoms with Gasteiger partial charge >= 0.3 is 0 Å². The molecule has 2 aromatic carbocycles. The van der Waals surface area contributed by atoms with Crippen molar-refractivity contribution in [3.8, 4) is 0 Å². The molecule has 1 aromatic heterocycles. The SMILES string of the molecule is O=C(Nc1nc2c(Cl)cc(Cl)cc2s1)c1ccccc1[N+](=O)[O-]. The number of anilines is 1. The number of halogens is 2. The number of carbonyl (C=O) groups is 1. The largest absolute Gasteiger partial charge is 0.298 e. The minimum atomic E-state index is -0.612. The van der Waals surface area contributed by atoms with Gasteiger partial charge in [0.15, 0.2) is 5.13 Å². The number of para-hydroxylation sites is 1. The Morgan fingerprint density at radius 3 is 2.74 bits per heavy atom. The third-order valence-electron chi connectivity index (χ3n) is 2.98. The fourth-order valence-corrected chi connectivity index (χ4v) is 3.58. The lowest BCUT2D eigenvalue weighted by Gasteiger charge is -2.02. The highest BCUT2D eigenvalue weighted by Gasteiger charge is 2.20. The number of fused-ring (bicyclic) bond motifs is 1. The summed E-state index contributed by atoms with van der Waals surface area (Å²) in [4.78, 5) is 26.9. The van der Waals surface area contributed by atoms with Gasteiger partial charge < -0.3 is 0 Å². The van der Waals surface area contributed by atoms with E-state index in [4.69, 9.17) is 23.2 Å². The zero-order chi connectivity index (χ0) is 16.6. The van der Waals surface area contributed by atoms with Crippen LogP contribution >= 0.6 is 34.5 Å². The van der Waals surface area contributed by atoms with E-state index in [0.29, 0.717) is 20.3 Å². The molecule has 3 aromatic rings. The molecule has 3 rings (SSSR count). The smallest absolute Gasteiger partial charge is 0.282 e. The van der Waals surface area contributed by atoms with E-state index < -0.39 is 10.8 Å². The van der Waals surface area contributed by atoms with Crippen molar-refractivity contribution in [1.29, 1.82) is 0 Å². The standard InChI is InChI=1S/C14H7Cl2N3O3S/c15-7-5-9(16)12-11(6-7)23-14(17-12)18-13(20)8-3-1-2-4-10(8)19(21)22/h1-6H,(H,17,18,20). The summed E-state index contributed by atoms with van der Waals surface area (Å²) in [6.45, 7) is 0. The topological polar surface area (TPSA) is 85.1 Å². The van der Waals surface area contributed by atoms with Gasteiger partial charge in [-0.1, -0.05) is 46.7 Å². The molecule has 116 valence electrons. The number of hydrogen-bond acceptors (Lipinski definition) is 5. The molecule has 0 radical (unpaired) electrons. The second kappa shape index (κ2) is 6.11. The Morgan fingerprint density at radius 1 is 1.26 bits per heavy atom. The first kappa shape index (κ1) is 15.7. The number of nitrogens with zero attached hydrogens (tertiary/aromatic N) is 2. The lowest BCUT2D eigenvalue weighted by atomic mass is 10.1. The monoisotopic (exact) mass is 367 g/mol. The minimum Gasteiger partial charge on any atom is -0.298 e. The normalized spacial score (nSPS) is 10.7. The summed E-state index contributed by atoms with van der Waals surface area (Å²) in [7, 11) is 0. The van der Waals surface area contributed by atoms with Crippen LogP contribution in [0.1, 0.15) is 10.4 Å². The van der Waals surface area contributed by atoms with Gasteiger partial charge in [0.05, 0.1) is 14.6 Å². The van der Waals surface area contributed by atoms with Gasteiger partial charge in [-0.2, -0.15) is 0 Å². The Bertz CT molecular complexity index is 942. The van der Waals surface area contributed by atoms with E-state index in [-0.39, 0.29) is 16.4 Å². The molecule has 1 N–H and O–H groups in total. The van der Waals surface area contributed by atoms with Crippen molar-refractivity contribution >= 4 is 61.5 Å². The molecule has 0 aliphatic heterocycles. The number of nitrogens with one attached hydrogen (secondary N) is 1. The van der Waals surface area contributed by atoms with E-state index in [0.717, 1.165) is 0 Å². The molecule has 0 saturated heterocycles. The van der Waals surface area contributed by atoms with Crippen LogP contribution in [0.15, 0.2) is 36.4 Å². The van der Waals surface area contributed by atoms with Crippen molar-refractivity contribution in [2.45, 2.75) is 0 Å². The molecule has 1 amide bonds. The Morgan fingerprint density at radius 2 is 2.00 bits per heavy atom. The maximum atomic E-state index is 12.3. The number of aromatic nitrogens is 1. The van der Waals surface area contributed by atoms with E-state index in [9.17, 15) is 14.9 Å². The number of rotatable bonds is 3. The number of carbonyl (C=O) groups excluding carboxylic acids is 1. The lowest BCUT2D eigenvalue weighted by Crippen LogP contribution is -2.13. The highest BCUT2D eigenvalue weighted by Crippen LogP contribution is 2.34. The molecular formula is C14H7Cl2N3O3S. The minimum absolute atomic E-state index is 0.0408. The Hall–Kier alpha value is -2.22. The highest BCUT2D eigenvalue weighted by atomic mass is 35.5. The van der Waals surface area contributed by atoms with E-state index in [1.165, 1.54) is 29.5 Å². The van der Waals surface area contributed by atoms with E-state index >= 15 is 0 Å². The predicted molar refractivity (Wildman–Crippen MR) is 90.7 cm³/mol. The molecule has 0 spiro atoms. The molecule has 6 nitrogen and oxygen atoms in total. The average Bonchev–Trinajstić information content (AvgIpc) is 2.89. The summed E-state index contributed by atoms with van der Waals surface area (Å²) in [5.74, 6) is -0.612. The van der Waals surface area contributed by atoms with Gasteiger partial charge in [-0.25, -0.2) is 4.98 Å². The van der Waals surface area contributed by atoms with Crippen molar-refractivity contribution in [3.63, 3.8) is 0 Å². The van der Waals surface area contributed by atoms with Crippen LogP contribution in [-0.4, -0.2) is 15.8 Å². The zero-order valence-corrected chi connectivity index (χ0v) is 13.6. The van der Waals surface area contributed by atoms with Crippen LogP contribution in [0, 0.1) is 10.1 Å². The van der Waals surface area contributed by atoms with Crippen molar-refractivity contribution < 1.29 is 9.72 Å². The summed E-state index contributed by atoms with van der Waals surface area (Å²) < 4.78 is 0.709. The Balaban J connectivity index is 1.95. The third kappa shape index (κ3) is 3.12. The molecule has 1 heterocycles. The number of nitro benzene ring substituents is 1. The highest BCUT2D eigenvalue weighted by molar-refractivity contribution is 7.22. The molecule has 0 aliphatic carbocycles. The van der Waals surface area contributed by atoms with Gasteiger partial charge in [0.25, 0.3) is 11.6 Å². The summed E-state index contributed by atoms with van der Waals surface area (Å²) in [6, 6.07) is 8.93. The van der Waals surface area contributed by atoms with Crippen LogP contribution in [-0.2, 0) is 0 Å². The number of hydrogen-bond donors (Lipinski definition) is 1. The Kier molecular flexibility index (Phi) is 4.16. The molecule has 0 fully saturated rings. The second-order valence-electron chi connectivity index (χ2n) is 4.48. The zero-order valence-electron chi connectivity index (χ0n) is 11.2. The van der Waals surface area contributed by atoms with Crippen LogP contribution in [0.4, 0.5) is 10.8 Å². The van der Waals surface area contributed by atoms with Crippen LogP contribution in [0.5, 0.6) is 0 Å². The Labute approximate surface area is 143 Å². The van der Waals surface area contributed by atoms with Crippen LogP contribution < -0.4 is 5.32 Å². The number of benzene rings is 2. The van der Waals surface area contributed by atoms with Crippen LogP contribution in [0.2, 0.25) is 10.0 Å². The maximum absolute atomic E-state index is 12.3. The van der Waals surface area contributed by atoms with Crippen molar-refractivity contribution in [2.75, 3.05) is 5.32 Å². The summed E-state index contributed by atoms with van der Waals surface area (Å²) >= 11 is 13.2. The number of thiazole rings is 1. The summed E-state index contributed by atoms with van der Waals surface area (Å²) in [6.07, 6.45) is 0. The maximum Gasteiger partial charge on any atom is 0.282 e. The van der Waals surface area contributed by atoms with Gasteiger partial charge in [-0.05, 0) is 18.2 Å². The molecule has 0 aliphatic rings. The summed E-state index contributed by atoms with van der Waals surface area (Å²) in [5.41, 5.74) is 0.201. The molecule has 0 atom stereocenters. The third-order valence-corrected chi connectivity index (χ3v) is 4.40. The van der Waals surface area contributed by atoms with Gasteiger partial charge in [0.1, 0.15) is 11.1 Å². The fourth-order valence-electron chi connectivity index (χ4n) is 2.00. The van der Waals surface area contributed by atoms with E-state index in [2.05, 4.69) is 10.3 Å². The van der Waals surface area contributed by atoms with E-state index in [1.807, 2.05) is 0 Å². The molecule has 9 heteroatoms. The van der Waals surface area contributed by atoms with Gasteiger partial charge in [-0.15, -0.1) is 0 Å². The van der Waals surface area contributed by atoms with Gasteiger partial charge in [-0.3, -0.25) is 20.2 Å². The molecule has 23 heavy (non-hydrogen) atoms. The first-order valence-electron chi connectivity index (χ1n) is 6.26. The quantitative estimate of drug-likeness (QED) is 0.533. The second-order valence-corrected chi connectivity index (χ2v) is 6.36. The molecule has 0 bridgehead atoms. The first-order valence-corrected chi connectivity index (χ1v) is 7.83. The van der Waals surface area contributed by atoms with Gasteiger partial charge in [0.2, 0.25) is 0 Å². The number of amides is 1. The molecular weight excluding hydrogens is 361 g/mol. The van der Waals surface area contributed by atoms with Crippen LogP contribution in [0.3, 0.4) is 0 Å². The predicted octanol–water partition coefficient (Wildman–Crippen LogP) is 4.76. The summed E-state index contributed by atoms with van der Waals surface area (Å²) in [5, 5.41) is 14.6. The van der Waals surface area contributed by atoms with Crippen molar-refractivity contribution in [2.24, 2.45) is 0 Å². The lowest BCUT2D eigenvalue weighted by molar-refractivity contribution is -0.385. The first-order chi connectivity index (χ1) is 11.0. The van der Waals surface area contributed by atoms with E-state index in [1.54, 1.807) is 18.2 Å². The fraction of sp³-hybridized carbons (Fsp3) is 0. The van der Waals surface area contributed by atoms with Crippen molar-refractivity contribution in [3.05, 3.63) is 62.1 Å². The number of nitro groups is 1. The van der Waals surface area contributed by atoms with Crippen molar-refractivity contribution in [1.82, 2.24) is 4.98 Å². The molecule has 0 saturated carbocycles. The average molecular weight is 368 g/mol.